The largest absolute Gasteiger partial charge is 0.493 e. The fourth-order valence-electron chi connectivity index (χ4n) is 4.62. The maximum absolute atomic E-state index is 6.47. The Bertz CT molecular complexity index is 1240. The zero-order valence-electron chi connectivity index (χ0n) is 18.5. The van der Waals surface area contributed by atoms with Crippen molar-refractivity contribution in [2.24, 2.45) is 5.10 Å². The Morgan fingerprint density at radius 1 is 0.970 bits per heavy atom. The first-order valence-electron chi connectivity index (χ1n) is 11.1. The molecule has 0 amide bonds. The van der Waals surface area contributed by atoms with Crippen LogP contribution in [-0.4, -0.2) is 31.2 Å². The van der Waals surface area contributed by atoms with Crippen molar-refractivity contribution in [3.05, 3.63) is 77.4 Å². The first-order chi connectivity index (χ1) is 16.2. The summed E-state index contributed by atoms with van der Waals surface area (Å²) in [5, 5.41) is 7.09. The second-order valence-corrected chi connectivity index (χ2v) is 8.07. The smallest absolute Gasteiger partial charge is 0.231 e. The summed E-state index contributed by atoms with van der Waals surface area (Å²) in [6.07, 6.45) is 0.381. The molecule has 0 fully saturated rings. The molecule has 0 saturated heterocycles. The van der Waals surface area contributed by atoms with Crippen molar-refractivity contribution < 1.29 is 23.7 Å². The van der Waals surface area contributed by atoms with Gasteiger partial charge in [-0.25, -0.2) is 5.01 Å². The Labute approximate surface area is 192 Å². The summed E-state index contributed by atoms with van der Waals surface area (Å²) in [5.41, 5.74) is 4.09. The van der Waals surface area contributed by atoms with Gasteiger partial charge in [0.2, 0.25) is 13.0 Å². The van der Waals surface area contributed by atoms with Crippen LogP contribution < -0.4 is 23.7 Å². The van der Waals surface area contributed by atoms with E-state index in [-0.39, 0.29) is 19.1 Å². The SMILES string of the molecule is CCOc1ccc(C2Oc3ccccc3C3CC(c4ccc5c(c4)OCO5)=NN32)cc1OC. The molecule has 3 heterocycles. The first-order valence-corrected chi connectivity index (χ1v) is 11.1. The minimum Gasteiger partial charge on any atom is -0.493 e. The fourth-order valence-corrected chi connectivity index (χ4v) is 4.62. The van der Waals surface area contributed by atoms with Crippen molar-refractivity contribution in [3.8, 4) is 28.7 Å². The van der Waals surface area contributed by atoms with E-state index < -0.39 is 0 Å². The molecule has 7 heteroatoms. The normalized spacial score (nSPS) is 19.9. The van der Waals surface area contributed by atoms with Crippen LogP contribution >= 0.6 is 0 Å². The topological polar surface area (TPSA) is 61.8 Å². The molecule has 6 rings (SSSR count). The van der Waals surface area contributed by atoms with Crippen molar-refractivity contribution in [3.63, 3.8) is 0 Å². The Morgan fingerprint density at radius 3 is 2.73 bits per heavy atom. The Balaban J connectivity index is 1.41. The number of hydrogen-bond acceptors (Lipinski definition) is 7. The van der Waals surface area contributed by atoms with E-state index in [0.29, 0.717) is 18.1 Å². The summed E-state index contributed by atoms with van der Waals surface area (Å²) < 4.78 is 28.8. The number of rotatable bonds is 5. The molecule has 0 aliphatic carbocycles. The monoisotopic (exact) mass is 444 g/mol. The number of para-hydroxylation sites is 1. The quantitative estimate of drug-likeness (QED) is 0.548. The molecule has 3 aromatic carbocycles. The maximum atomic E-state index is 6.47. The van der Waals surface area contributed by atoms with E-state index >= 15 is 0 Å². The van der Waals surface area contributed by atoms with Crippen molar-refractivity contribution in [2.75, 3.05) is 20.5 Å². The van der Waals surface area contributed by atoms with E-state index in [0.717, 1.165) is 46.1 Å². The molecule has 3 aromatic rings. The van der Waals surface area contributed by atoms with E-state index in [9.17, 15) is 0 Å². The highest BCUT2D eigenvalue weighted by Gasteiger charge is 2.41. The van der Waals surface area contributed by atoms with Crippen LogP contribution in [-0.2, 0) is 0 Å². The van der Waals surface area contributed by atoms with Crippen LogP contribution in [0.1, 0.15) is 42.3 Å². The minimum absolute atomic E-state index is 0.0675. The number of benzene rings is 3. The van der Waals surface area contributed by atoms with Gasteiger partial charge in [0.05, 0.1) is 25.5 Å². The molecule has 0 radical (unpaired) electrons. The Hall–Kier alpha value is -3.87. The predicted octanol–water partition coefficient (Wildman–Crippen LogP) is 5.06. The van der Waals surface area contributed by atoms with Gasteiger partial charge >= 0.3 is 0 Å². The first kappa shape index (κ1) is 19.8. The van der Waals surface area contributed by atoms with Crippen LogP contribution in [0.25, 0.3) is 0 Å². The van der Waals surface area contributed by atoms with Gasteiger partial charge in [0.15, 0.2) is 23.0 Å². The van der Waals surface area contributed by atoms with E-state index in [1.807, 2.05) is 61.5 Å². The third-order valence-electron chi connectivity index (χ3n) is 6.18. The van der Waals surface area contributed by atoms with Crippen molar-refractivity contribution in [2.45, 2.75) is 25.6 Å². The van der Waals surface area contributed by atoms with E-state index in [1.165, 1.54) is 0 Å². The van der Waals surface area contributed by atoms with Crippen LogP contribution in [0.2, 0.25) is 0 Å². The molecule has 0 saturated carbocycles. The fraction of sp³-hybridized carbons (Fsp3) is 0.269. The third-order valence-corrected chi connectivity index (χ3v) is 6.18. The van der Waals surface area contributed by atoms with Gasteiger partial charge < -0.3 is 23.7 Å². The molecule has 0 bridgehead atoms. The minimum atomic E-state index is -0.388. The second-order valence-electron chi connectivity index (χ2n) is 8.07. The summed E-state index contributed by atoms with van der Waals surface area (Å²) in [6, 6.07) is 20.1. The number of ether oxygens (including phenoxy) is 5. The number of hydrogen-bond donors (Lipinski definition) is 0. The zero-order valence-corrected chi connectivity index (χ0v) is 18.5. The molecule has 3 aliphatic rings. The molecule has 168 valence electrons. The van der Waals surface area contributed by atoms with Crippen molar-refractivity contribution in [1.29, 1.82) is 0 Å². The molecule has 2 unspecified atom stereocenters. The highest BCUT2D eigenvalue weighted by Crippen LogP contribution is 2.48. The molecule has 0 aromatic heterocycles. The molecule has 2 atom stereocenters. The summed E-state index contributed by atoms with van der Waals surface area (Å²) >= 11 is 0. The number of nitrogens with zero attached hydrogens (tertiary/aromatic N) is 2. The maximum Gasteiger partial charge on any atom is 0.231 e. The number of fused-ring (bicyclic) bond motifs is 4. The lowest BCUT2D eigenvalue weighted by Gasteiger charge is -2.38. The highest BCUT2D eigenvalue weighted by atomic mass is 16.7. The number of methoxy groups -OCH3 is 1. The van der Waals surface area contributed by atoms with Crippen LogP contribution in [0.3, 0.4) is 0 Å². The summed E-state index contributed by atoms with van der Waals surface area (Å²) in [5.74, 6) is 3.78. The molecule has 7 nitrogen and oxygen atoms in total. The van der Waals surface area contributed by atoms with E-state index in [4.69, 9.17) is 28.8 Å². The summed E-state index contributed by atoms with van der Waals surface area (Å²) in [7, 11) is 1.65. The van der Waals surface area contributed by atoms with Gasteiger partial charge in [-0.3, -0.25) is 0 Å². The van der Waals surface area contributed by atoms with E-state index in [1.54, 1.807) is 7.11 Å². The lowest BCUT2D eigenvalue weighted by Crippen LogP contribution is -2.33. The standard InChI is InChI=1S/C26H24N2O5/c1-3-30-22-11-9-17(13-24(22)29-2)26-28-20(18-6-4-5-7-21(18)33-26)14-19(27-28)16-8-10-23-25(12-16)32-15-31-23/h4-13,20,26H,3,14-15H2,1-2H3. The Kier molecular flexibility index (Phi) is 4.75. The van der Waals surface area contributed by atoms with Crippen molar-refractivity contribution >= 4 is 5.71 Å². The van der Waals surface area contributed by atoms with Gasteiger partial charge in [-0.05, 0) is 49.4 Å². The van der Waals surface area contributed by atoms with Gasteiger partial charge in [0, 0.05) is 23.1 Å². The van der Waals surface area contributed by atoms with Crippen molar-refractivity contribution in [1.82, 2.24) is 5.01 Å². The average Bonchev–Trinajstić information content (AvgIpc) is 3.51. The average molecular weight is 444 g/mol. The second kappa shape index (κ2) is 7.92. The summed E-state index contributed by atoms with van der Waals surface area (Å²) in [6.45, 7) is 2.78. The van der Waals surface area contributed by atoms with Crippen LogP contribution in [0, 0.1) is 0 Å². The van der Waals surface area contributed by atoms with Gasteiger partial charge in [0.1, 0.15) is 5.75 Å². The predicted molar refractivity (Wildman–Crippen MR) is 122 cm³/mol. The van der Waals surface area contributed by atoms with Gasteiger partial charge in [-0.1, -0.05) is 18.2 Å². The lowest BCUT2D eigenvalue weighted by atomic mass is 9.95. The molecular formula is C26H24N2O5. The molecule has 0 spiro atoms. The summed E-state index contributed by atoms with van der Waals surface area (Å²) in [4.78, 5) is 0. The Morgan fingerprint density at radius 2 is 1.85 bits per heavy atom. The molecule has 0 N–H and O–H groups in total. The van der Waals surface area contributed by atoms with Crippen LogP contribution in [0.4, 0.5) is 0 Å². The van der Waals surface area contributed by atoms with Gasteiger partial charge in [-0.15, -0.1) is 0 Å². The lowest BCUT2D eigenvalue weighted by molar-refractivity contribution is -0.0191. The molecule has 33 heavy (non-hydrogen) atoms. The van der Waals surface area contributed by atoms with Crippen LogP contribution in [0.15, 0.2) is 65.8 Å². The van der Waals surface area contributed by atoms with Gasteiger partial charge in [-0.2, -0.15) is 5.10 Å². The highest BCUT2D eigenvalue weighted by molar-refractivity contribution is 6.02. The molecule has 3 aliphatic heterocycles. The zero-order chi connectivity index (χ0) is 22.4. The van der Waals surface area contributed by atoms with E-state index in [2.05, 4.69) is 11.1 Å². The molecular weight excluding hydrogens is 420 g/mol. The van der Waals surface area contributed by atoms with Crippen LogP contribution in [0.5, 0.6) is 28.7 Å². The third kappa shape index (κ3) is 3.31. The number of hydrazone groups is 1. The van der Waals surface area contributed by atoms with Gasteiger partial charge in [0.25, 0.3) is 0 Å².